The molecule has 2 rings (SSSR count). The maximum Gasteiger partial charge on any atom is 0.242 e. The summed E-state index contributed by atoms with van der Waals surface area (Å²) in [5.41, 5.74) is 0.736. The zero-order chi connectivity index (χ0) is 26.2. The van der Waals surface area contributed by atoms with Crippen molar-refractivity contribution >= 4 is 45.0 Å². The van der Waals surface area contributed by atoms with Crippen LogP contribution in [0.15, 0.2) is 53.4 Å². The molecule has 0 saturated carbocycles. The van der Waals surface area contributed by atoms with Crippen LogP contribution in [0.4, 0.5) is 0 Å². The molecule has 0 aliphatic heterocycles. The first-order chi connectivity index (χ1) is 16.4. The molecule has 0 aromatic heterocycles. The van der Waals surface area contributed by atoms with Crippen LogP contribution in [-0.2, 0) is 26.2 Å². The second kappa shape index (κ2) is 13.3. The van der Waals surface area contributed by atoms with Crippen LogP contribution in [0.1, 0.15) is 39.2 Å². The van der Waals surface area contributed by atoms with Gasteiger partial charge in [-0.3, -0.25) is 9.59 Å². The molecule has 10 heteroatoms. The molecule has 0 heterocycles. The lowest BCUT2D eigenvalue weighted by atomic mass is 10.1. The number of rotatable bonds is 12. The third-order valence-electron chi connectivity index (χ3n) is 5.50. The van der Waals surface area contributed by atoms with Gasteiger partial charge in [-0.25, -0.2) is 12.7 Å². The lowest BCUT2D eigenvalue weighted by molar-refractivity contribution is -0.140. The number of carbonyl (C=O) groups is 2. The van der Waals surface area contributed by atoms with Crippen molar-refractivity contribution in [1.29, 1.82) is 0 Å². The molecular formula is C25H33Cl2N3O4S. The second-order valence-electron chi connectivity index (χ2n) is 8.83. The lowest BCUT2D eigenvalue weighted by Gasteiger charge is -2.29. The summed E-state index contributed by atoms with van der Waals surface area (Å²) in [6, 6.07) is 12.5. The SMILES string of the molecule is CC(C)CNC(=O)C(C)N(Cc1ccc(Cl)c(Cl)c1)C(=O)CCCN(C)S(=O)(=O)c1ccccc1. The van der Waals surface area contributed by atoms with Crippen molar-refractivity contribution in [1.82, 2.24) is 14.5 Å². The van der Waals surface area contributed by atoms with E-state index in [0.717, 1.165) is 5.56 Å². The molecule has 1 unspecified atom stereocenters. The molecule has 0 aliphatic rings. The van der Waals surface area contributed by atoms with Gasteiger partial charge >= 0.3 is 0 Å². The molecule has 1 N–H and O–H groups in total. The summed E-state index contributed by atoms with van der Waals surface area (Å²) in [7, 11) is -2.15. The van der Waals surface area contributed by atoms with Gasteiger partial charge in [0, 0.05) is 33.1 Å². The van der Waals surface area contributed by atoms with E-state index in [0.29, 0.717) is 23.0 Å². The van der Waals surface area contributed by atoms with Gasteiger partial charge in [0.15, 0.2) is 0 Å². The Morgan fingerprint density at radius 3 is 2.26 bits per heavy atom. The molecular weight excluding hydrogens is 509 g/mol. The zero-order valence-electron chi connectivity index (χ0n) is 20.5. The Morgan fingerprint density at radius 2 is 1.66 bits per heavy atom. The predicted octanol–water partition coefficient (Wildman–Crippen LogP) is 4.58. The molecule has 0 radical (unpaired) electrons. The number of nitrogens with one attached hydrogen (secondary N) is 1. The largest absolute Gasteiger partial charge is 0.354 e. The Balaban J connectivity index is 2.10. The molecule has 0 fully saturated rings. The van der Waals surface area contributed by atoms with E-state index in [-0.39, 0.29) is 42.1 Å². The molecule has 2 amide bonds. The average molecular weight is 543 g/mol. The van der Waals surface area contributed by atoms with E-state index in [9.17, 15) is 18.0 Å². The summed E-state index contributed by atoms with van der Waals surface area (Å²) in [4.78, 5) is 27.6. The molecule has 35 heavy (non-hydrogen) atoms. The van der Waals surface area contributed by atoms with Gasteiger partial charge in [0.25, 0.3) is 0 Å². The number of hydrogen-bond donors (Lipinski definition) is 1. The fraction of sp³-hybridized carbons (Fsp3) is 0.440. The normalized spacial score (nSPS) is 12.6. The molecule has 1 atom stereocenters. The van der Waals surface area contributed by atoms with Gasteiger partial charge in [-0.1, -0.05) is 61.3 Å². The quantitative estimate of drug-likeness (QED) is 0.425. The maximum absolute atomic E-state index is 13.2. The monoisotopic (exact) mass is 541 g/mol. The van der Waals surface area contributed by atoms with Crippen LogP contribution in [0.25, 0.3) is 0 Å². The Bertz CT molecular complexity index is 1110. The lowest BCUT2D eigenvalue weighted by Crippen LogP contribution is -2.48. The first-order valence-electron chi connectivity index (χ1n) is 11.5. The van der Waals surface area contributed by atoms with E-state index in [4.69, 9.17) is 23.2 Å². The van der Waals surface area contributed by atoms with Crippen molar-refractivity contribution in [3.63, 3.8) is 0 Å². The van der Waals surface area contributed by atoms with Crippen LogP contribution in [-0.4, -0.2) is 55.6 Å². The highest BCUT2D eigenvalue weighted by Crippen LogP contribution is 2.24. The average Bonchev–Trinajstić information content (AvgIpc) is 2.82. The molecule has 0 saturated heterocycles. The summed E-state index contributed by atoms with van der Waals surface area (Å²) in [5, 5.41) is 3.63. The standard InChI is InChI=1S/C25H33Cl2N3O4S/c1-18(2)16-28-25(32)19(3)30(17-20-12-13-22(26)23(27)15-20)24(31)11-8-14-29(4)35(33,34)21-9-6-5-7-10-21/h5-7,9-10,12-13,15,18-19H,8,11,14,16-17H2,1-4H3,(H,28,32). The first kappa shape index (κ1) is 29.1. The highest BCUT2D eigenvalue weighted by atomic mass is 35.5. The summed E-state index contributed by atoms with van der Waals surface area (Å²) in [6.45, 7) is 6.49. The van der Waals surface area contributed by atoms with Gasteiger partial charge in [0.05, 0.1) is 14.9 Å². The predicted molar refractivity (Wildman–Crippen MR) is 140 cm³/mol. The van der Waals surface area contributed by atoms with Crippen molar-refractivity contribution in [2.45, 2.75) is 51.1 Å². The molecule has 0 bridgehead atoms. The van der Waals surface area contributed by atoms with Gasteiger partial charge in [-0.15, -0.1) is 0 Å². The molecule has 0 aliphatic carbocycles. The van der Waals surface area contributed by atoms with Crippen LogP contribution >= 0.6 is 23.2 Å². The second-order valence-corrected chi connectivity index (χ2v) is 11.7. The molecule has 192 valence electrons. The number of halogens is 2. The minimum absolute atomic E-state index is 0.0811. The Kier molecular flexibility index (Phi) is 11.0. The summed E-state index contributed by atoms with van der Waals surface area (Å²) >= 11 is 12.2. The fourth-order valence-corrected chi connectivity index (χ4v) is 4.91. The first-order valence-corrected chi connectivity index (χ1v) is 13.7. The summed E-state index contributed by atoms with van der Waals surface area (Å²) in [6.07, 6.45) is 0.386. The van der Waals surface area contributed by atoms with E-state index in [1.54, 1.807) is 43.3 Å². The van der Waals surface area contributed by atoms with Crippen LogP contribution in [0.5, 0.6) is 0 Å². The Labute approximate surface area is 218 Å². The Morgan fingerprint density at radius 1 is 1.00 bits per heavy atom. The van der Waals surface area contributed by atoms with Gasteiger partial charge in [-0.05, 0) is 49.1 Å². The van der Waals surface area contributed by atoms with E-state index in [1.165, 1.54) is 28.4 Å². The smallest absolute Gasteiger partial charge is 0.242 e. The Hall–Kier alpha value is -2.13. The molecule has 2 aromatic carbocycles. The van der Waals surface area contributed by atoms with Gasteiger partial charge in [0.2, 0.25) is 21.8 Å². The maximum atomic E-state index is 13.2. The zero-order valence-corrected chi connectivity index (χ0v) is 22.8. The topological polar surface area (TPSA) is 86.8 Å². The number of sulfonamides is 1. The number of nitrogens with zero attached hydrogens (tertiary/aromatic N) is 2. The van der Waals surface area contributed by atoms with E-state index in [2.05, 4.69) is 5.32 Å². The number of carbonyl (C=O) groups excluding carboxylic acids is 2. The van der Waals surface area contributed by atoms with Crippen LogP contribution < -0.4 is 5.32 Å². The third kappa shape index (κ3) is 8.49. The van der Waals surface area contributed by atoms with E-state index in [1.807, 2.05) is 13.8 Å². The molecule has 0 spiro atoms. The van der Waals surface area contributed by atoms with Crippen molar-refractivity contribution in [2.75, 3.05) is 20.1 Å². The molecule has 7 nitrogen and oxygen atoms in total. The van der Waals surface area contributed by atoms with Crippen molar-refractivity contribution < 1.29 is 18.0 Å². The number of hydrogen-bond acceptors (Lipinski definition) is 4. The fourth-order valence-electron chi connectivity index (χ4n) is 3.36. The van der Waals surface area contributed by atoms with Crippen LogP contribution in [0.3, 0.4) is 0 Å². The summed E-state index contributed by atoms with van der Waals surface area (Å²) in [5.74, 6) is -0.239. The van der Waals surface area contributed by atoms with Gasteiger partial charge < -0.3 is 10.2 Å². The molecule has 2 aromatic rings. The van der Waals surface area contributed by atoms with Crippen molar-refractivity contribution in [3.8, 4) is 0 Å². The highest BCUT2D eigenvalue weighted by molar-refractivity contribution is 7.89. The van der Waals surface area contributed by atoms with E-state index >= 15 is 0 Å². The van der Waals surface area contributed by atoms with Crippen molar-refractivity contribution in [2.24, 2.45) is 5.92 Å². The van der Waals surface area contributed by atoms with Crippen molar-refractivity contribution in [3.05, 3.63) is 64.1 Å². The highest BCUT2D eigenvalue weighted by Gasteiger charge is 2.27. The number of amides is 2. The van der Waals surface area contributed by atoms with Crippen LogP contribution in [0, 0.1) is 5.92 Å². The number of benzene rings is 2. The van der Waals surface area contributed by atoms with E-state index < -0.39 is 16.1 Å². The minimum atomic E-state index is -3.64. The third-order valence-corrected chi connectivity index (χ3v) is 8.11. The van der Waals surface area contributed by atoms with Gasteiger partial charge in [-0.2, -0.15) is 0 Å². The van der Waals surface area contributed by atoms with Gasteiger partial charge in [0.1, 0.15) is 6.04 Å². The minimum Gasteiger partial charge on any atom is -0.354 e. The summed E-state index contributed by atoms with van der Waals surface area (Å²) < 4.78 is 26.7. The van der Waals surface area contributed by atoms with Crippen LogP contribution in [0.2, 0.25) is 10.0 Å².